The molecule has 0 unspecified atom stereocenters. The molecule has 41 heavy (non-hydrogen) atoms. The first-order valence-corrected chi connectivity index (χ1v) is 14.5. The molecule has 1 aromatic carbocycles. The van der Waals surface area contributed by atoms with Crippen molar-refractivity contribution in [2.45, 2.75) is 58.0 Å². The Bertz CT molecular complexity index is 1640. The van der Waals surface area contributed by atoms with Crippen molar-refractivity contribution in [3.05, 3.63) is 65.3 Å². The van der Waals surface area contributed by atoms with Crippen LogP contribution >= 0.6 is 11.3 Å². The molecule has 6 rings (SSSR count). The fourth-order valence-electron chi connectivity index (χ4n) is 5.44. The zero-order valence-electron chi connectivity index (χ0n) is 22.8. The van der Waals surface area contributed by atoms with E-state index in [-0.39, 0.29) is 29.9 Å². The van der Waals surface area contributed by atoms with Gasteiger partial charge in [0.25, 0.3) is 5.91 Å². The third kappa shape index (κ3) is 5.32. The molecule has 1 saturated carbocycles. The first-order valence-electron chi connectivity index (χ1n) is 13.7. The van der Waals surface area contributed by atoms with Gasteiger partial charge in [-0.25, -0.2) is 14.8 Å². The highest BCUT2D eigenvalue weighted by molar-refractivity contribution is 7.21. The largest absolute Gasteiger partial charge is 0.439 e. The highest BCUT2D eigenvalue weighted by atomic mass is 32.1. The summed E-state index contributed by atoms with van der Waals surface area (Å²) in [4.78, 5) is 50.4. The van der Waals surface area contributed by atoms with Gasteiger partial charge in [-0.1, -0.05) is 25.1 Å². The molecule has 2 atom stereocenters. The number of ether oxygens (including phenoxy) is 1. The molecule has 2 aliphatic rings. The summed E-state index contributed by atoms with van der Waals surface area (Å²) in [6, 6.07) is 12.5. The van der Waals surface area contributed by atoms with Crippen molar-refractivity contribution in [1.82, 2.24) is 20.6 Å². The van der Waals surface area contributed by atoms with Crippen molar-refractivity contribution in [2.24, 2.45) is 0 Å². The second-order valence-electron chi connectivity index (χ2n) is 10.3. The number of amides is 4. The summed E-state index contributed by atoms with van der Waals surface area (Å²) in [5, 5.41) is 9.83. The second kappa shape index (κ2) is 11.2. The maximum Gasteiger partial charge on any atom is 0.331 e. The number of rotatable bonds is 7. The van der Waals surface area contributed by atoms with E-state index in [4.69, 9.17) is 4.74 Å². The van der Waals surface area contributed by atoms with Crippen LogP contribution in [0, 0.1) is 6.92 Å². The van der Waals surface area contributed by atoms with Gasteiger partial charge < -0.3 is 20.7 Å². The number of aromatic nitrogens is 2. The van der Waals surface area contributed by atoms with E-state index >= 15 is 0 Å². The SMILES string of the molecule is CCC(=O)N[C@H]1CCC[C@H](NC(=O)c2sc3nccc4c3c2NC(=O)N4c2cnc(Oc3ccccc3)cc2C)C1. The summed E-state index contributed by atoms with van der Waals surface area (Å²) in [5.41, 5.74) is 2.49. The van der Waals surface area contributed by atoms with Crippen molar-refractivity contribution in [3.8, 4) is 11.6 Å². The number of nitrogens with one attached hydrogen (secondary N) is 3. The average Bonchev–Trinajstić information content (AvgIpc) is 3.34. The van der Waals surface area contributed by atoms with E-state index in [2.05, 4.69) is 25.9 Å². The van der Waals surface area contributed by atoms with Gasteiger partial charge in [-0.2, -0.15) is 0 Å². The summed E-state index contributed by atoms with van der Waals surface area (Å²) in [6.45, 7) is 3.72. The number of nitrogens with zero attached hydrogens (tertiary/aromatic N) is 3. The lowest BCUT2D eigenvalue weighted by atomic mass is 9.90. The number of hydrogen-bond donors (Lipinski definition) is 3. The van der Waals surface area contributed by atoms with Gasteiger partial charge in [-0.15, -0.1) is 11.3 Å². The summed E-state index contributed by atoms with van der Waals surface area (Å²) >= 11 is 1.25. The lowest BCUT2D eigenvalue weighted by Gasteiger charge is -2.31. The molecule has 1 aliphatic carbocycles. The normalized spacial score (nSPS) is 18.1. The lowest BCUT2D eigenvalue weighted by molar-refractivity contribution is -0.121. The van der Waals surface area contributed by atoms with Crippen LogP contribution in [-0.4, -0.2) is 39.9 Å². The maximum absolute atomic E-state index is 13.5. The van der Waals surface area contributed by atoms with Gasteiger partial charge in [0.2, 0.25) is 11.8 Å². The fourth-order valence-corrected chi connectivity index (χ4v) is 6.46. The molecule has 1 fully saturated rings. The Morgan fingerprint density at radius 3 is 2.63 bits per heavy atom. The Morgan fingerprint density at radius 2 is 1.88 bits per heavy atom. The number of aryl methyl sites for hydroxylation is 1. The minimum absolute atomic E-state index is 0.0191. The van der Waals surface area contributed by atoms with Gasteiger partial charge in [-0.05, 0) is 56.4 Å². The molecule has 11 heteroatoms. The van der Waals surface area contributed by atoms with E-state index in [9.17, 15) is 14.4 Å². The van der Waals surface area contributed by atoms with Gasteiger partial charge in [0, 0.05) is 30.8 Å². The lowest BCUT2D eigenvalue weighted by Crippen LogP contribution is -2.45. The predicted molar refractivity (Wildman–Crippen MR) is 158 cm³/mol. The molecule has 3 aromatic heterocycles. The van der Waals surface area contributed by atoms with Crippen LogP contribution in [0.25, 0.3) is 10.2 Å². The van der Waals surface area contributed by atoms with Crippen molar-refractivity contribution < 1.29 is 19.1 Å². The van der Waals surface area contributed by atoms with Crippen LogP contribution in [0.2, 0.25) is 0 Å². The van der Waals surface area contributed by atoms with E-state index in [0.717, 1.165) is 24.8 Å². The number of anilines is 3. The molecular formula is C30H30N6O4S. The van der Waals surface area contributed by atoms with Crippen LogP contribution < -0.4 is 25.6 Å². The van der Waals surface area contributed by atoms with E-state index in [0.29, 0.717) is 56.6 Å². The molecule has 4 amide bonds. The van der Waals surface area contributed by atoms with Gasteiger partial charge in [0.1, 0.15) is 15.5 Å². The summed E-state index contributed by atoms with van der Waals surface area (Å²) in [6.07, 6.45) is 7.02. The molecule has 4 heterocycles. The number of hydrogen-bond acceptors (Lipinski definition) is 7. The quantitative estimate of drug-likeness (QED) is 0.249. The average molecular weight is 571 g/mol. The number of benzene rings is 1. The molecule has 210 valence electrons. The smallest absolute Gasteiger partial charge is 0.331 e. The van der Waals surface area contributed by atoms with Crippen LogP contribution in [0.4, 0.5) is 21.9 Å². The minimum atomic E-state index is -0.390. The highest BCUT2D eigenvalue weighted by Gasteiger charge is 2.34. The Labute approximate surface area is 241 Å². The van der Waals surface area contributed by atoms with Crippen LogP contribution in [0.5, 0.6) is 11.6 Å². The molecule has 0 radical (unpaired) electrons. The zero-order chi connectivity index (χ0) is 28.5. The molecular weight excluding hydrogens is 540 g/mol. The Hall–Kier alpha value is -4.51. The van der Waals surface area contributed by atoms with Crippen LogP contribution in [0.3, 0.4) is 0 Å². The molecule has 10 nitrogen and oxygen atoms in total. The van der Waals surface area contributed by atoms with Crippen molar-refractivity contribution >= 4 is 56.5 Å². The molecule has 0 spiro atoms. The summed E-state index contributed by atoms with van der Waals surface area (Å²) in [7, 11) is 0. The third-order valence-corrected chi connectivity index (χ3v) is 8.51. The molecule has 3 N–H and O–H groups in total. The van der Waals surface area contributed by atoms with Gasteiger partial charge in [0.05, 0.1) is 28.6 Å². The predicted octanol–water partition coefficient (Wildman–Crippen LogP) is 6.04. The number of thiophene rings is 1. The molecule has 4 aromatic rings. The summed E-state index contributed by atoms with van der Waals surface area (Å²) in [5.74, 6) is 0.854. The topological polar surface area (TPSA) is 126 Å². The Balaban J connectivity index is 1.26. The molecule has 1 aliphatic heterocycles. The maximum atomic E-state index is 13.5. The zero-order valence-corrected chi connectivity index (χ0v) is 23.6. The number of carbonyl (C=O) groups excluding carboxylic acids is 3. The highest BCUT2D eigenvalue weighted by Crippen LogP contribution is 2.46. The Morgan fingerprint density at radius 1 is 1.10 bits per heavy atom. The van der Waals surface area contributed by atoms with E-state index in [1.54, 1.807) is 29.4 Å². The van der Waals surface area contributed by atoms with Gasteiger partial charge >= 0.3 is 6.03 Å². The van der Waals surface area contributed by atoms with Crippen molar-refractivity contribution in [2.75, 3.05) is 10.2 Å². The van der Waals surface area contributed by atoms with Crippen LogP contribution in [0.1, 0.15) is 54.3 Å². The van der Waals surface area contributed by atoms with Gasteiger partial charge in [-0.3, -0.25) is 14.5 Å². The van der Waals surface area contributed by atoms with Crippen LogP contribution in [-0.2, 0) is 4.79 Å². The standard InChI is InChI=1S/C30H30N6O4S/c1-3-23(37)33-18-8-7-9-19(15-18)34-28(38)27-26-25-21(12-13-31-29(25)41-27)36(30(39)35-26)22-16-32-24(14-17(22)2)40-20-10-5-4-6-11-20/h4-6,10-14,16,18-19H,3,7-9,15H2,1-2H3,(H,33,37)(H,34,38)(H,35,39)/t18-,19-/m0/s1. The second-order valence-corrected chi connectivity index (χ2v) is 11.3. The number of carbonyl (C=O) groups is 3. The summed E-state index contributed by atoms with van der Waals surface area (Å²) < 4.78 is 5.86. The molecule has 0 bridgehead atoms. The van der Waals surface area contributed by atoms with Gasteiger partial charge in [0.15, 0.2) is 0 Å². The monoisotopic (exact) mass is 570 g/mol. The Kier molecular flexibility index (Phi) is 7.27. The van der Waals surface area contributed by atoms with Crippen LogP contribution in [0.15, 0.2) is 54.9 Å². The first-order chi connectivity index (χ1) is 19.9. The minimum Gasteiger partial charge on any atom is -0.439 e. The van der Waals surface area contributed by atoms with Crippen molar-refractivity contribution in [3.63, 3.8) is 0 Å². The van der Waals surface area contributed by atoms with Crippen molar-refractivity contribution in [1.29, 1.82) is 0 Å². The van der Waals surface area contributed by atoms with E-state index in [1.807, 2.05) is 44.2 Å². The first kappa shape index (κ1) is 26.7. The molecule has 0 saturated heterocycles. The third-order valence-electron chi connectivity index (χ3n) is 7.41. The number of urea groups is 1. The van der Waals surface area contributed by atoms with E-state index in [1.165, 1.54) is 11.3 Å². The number of pyridine rings is 2. The van der Waals surface area contributed by atoms with E-state index < -0.39 is 0 Å². The number of para-hydroxylation sites is 1. The fraction of sp³-hybridized carbons (Fsp3) is 0.300.